The molecule has 8 nitrogen and oxygen atoms in total. The van der Waals surface area contributed by atoms with E-state index in [2.05, 4.69) is 20.3 Å². The number of aromatic nitrogens is 5. The minimum Gasteiger partial charge on any atom is -0.457 e. The van der Waals surface area contributed by atoms with Gasteiger partial charge in [-0.05, 0) is 18.2 Å². The number of anilines is 1. The maximum absolute atomic E-state index is 13.4. The molecule has 0 bridgehead atoms. The number of hydrogen-bond acceptors (Lipinski definition) is 7. The van der Waals surface area contributed by atoms with E-state index in [0.717, 1.165) is 16.4 Å². The topological polar surface area (TPSA) is 89.2 Å². The third-order valence-electron chi connectivity index (χ3n) is 4.25. The van der Waals surface area contributed by atoms with Crippen LogP contribution in [-0.2, 0) is 12.8 Å². The van der Waals surface area contributed by atoms with E-state index in [4.69, 9.17) is 4.74 Å². The zero-order chi connectivity index (χ0) is 20.6. The summed E-state index contributed by atoms with van der Waals surface area (Å²) in [6, 6.07) is 2.63. The fourth-order valence-electron chi connectivity index (χ4n) is 2.72. The highest BCUT2D eigenvalue weighted by atomic mass is 19.4. The average molecular weight is 410 g/mol. The molecule has 0 atom stereocenters. The van der Waals surface area contributed by atoms with E-state index in [9.17, 15) is 22.7 Å². The van der Waals surface area contributed by atoms with Gasteiger partial charge < -0.3 is 14.7 Å². The largest absolute Gasteiger partial charge is 0.457 e. The molecule has 1 N–H and O–H groups in total. The van der Waals surface area contributed by atoms with Gasteiger partial charge in [-0.15, -0.1) is 5.10 Å². The summed E-state index contributed by atoms with van der Waals surface area (Å²) < 4.78 is 58.4. The summed E-state index contributed by atoms with van der Waals surface area (Å²) in [5.41, 5.74) is -0.298. The highest BCUT2D eigenvalue weighted by Gasteiger charge is 2.34. The Bertz CT molecular complexity index is 1000. The molecule has 0 unspecified atom stereocenters. The number of rotatable bonds is 5. The number of hydrogen-bond donors (Lipinski definition) is 1. The van der Waals surface area contributed by atoms with Crippen molar-refractivity contribution in [3.63, 3.8) is 0 Å². The number of aliphatic hydroxyl groups excluding tert-OH is 1. The van der Waals surface area contributed by atoms with Gasteiger partial charge in [-0.1, -0.05) is 5.21 Å². The molecule has 3 heterocycles. The van der Waals surface area contributed by atoms with Crippen molar-refractivity contribution in [2.75, 3.05) is 18.0 Å². The Morgan fingerprint density at radius 2 is 1.86 bits per heavy atom. The van der Waals surface area contributed by atoms with Crippen molar-refractivity contribution < 1.29 is 27.4 Å². The van der Waals surface area contributed by atoms with Gasteiger partial charge in [0.25, 0.3) is 0 Å². The lowest BCUT2D eigenvalue weighted by Gasteiger charge is -2.37. The molecule has 1 aliphatic rings. The van der Waals surface area contributed by atoms with Gasteiger partial charge >= 0.3 is 12.2 Å². The predicted molar refractivity (Wildman–Crippen MR) is 90.9 cm³/mol. The summed E-state index contributed by atoms with van der Waals surface area (Å²) in [4.78, 5) is 10.0. The lowest BCUT2D eigenvalue weighted by atomic mass is 10.1. The quantitative estimate of drug-likeness (QED) is 0.644. The summed E-state index contributed by atoms with van der Waals surface area (Å²) in [7, 11) is 0. The van der Waals surface area contributed by atoms with E-state index < -0.39 is 17.6 Å². The summed E-state index contributed by atoms with van der Waals surface area (Å²) in [6.45, 7) is 0.979. The fourth-order valence-corrected chi connectivity index (χ4v) is 2.72. The number of alkyl halides is 3. The molecular formula is C17H14F4N6O2. The van der Waals surface area contributed by atoms with Gasteiger partial charge in [0, 0.05) is 13.1 Å². The Hall–Kier alpha value is -3.28. The number of β-amino-alcohol motifs (C(OH)–C–C–N with tert-alkyl or cyclic N) is 1. The van der Waals surface area contributed by atoms with Crippen molar-refractivity contribution in [3.05, 3.63) is 53.9 Å². The Morgan fingerprint density at radius 3 is 2.52 bits per heavy atom. The Kier molecular flexibility index (Phi) is 4.78. The summed E-state index contributed by atoms with van der Waals surface area (Å²) in [6.07, 6.45) is -0.681. The van der Waals surface area contributed by atoms with Crippen LogP contribution in [0.15, 0.2) is 36.8 Å². The van der Waals surface area contributed by atoms with E-state index in [1.807, 2.05) is 4.90 Å². The molecule has 1 fully saturated rings. The second-order valence-electron chi connectivity index (χ2n) is 6.39. The van der Waals surface area contributed by atoms with Crippen molar-refractivity contribution in [1.29, 1.82) is 0 Å². The van der Waals surface area contributed by atoms with Crippen LogP contribution in [0.25, 0.3) is 5.69 Å². The molecule has 1 aromatic carbocycles. The molecule has 29 heavy (non-hydrogen) atoms. The second-order valence-corrected chi connectivity index (χ2v) is 6.39. The molecule has 1 saturated heterocycles. The van der Waals surface area contributed by atoms with Crippen LogP contribution in [0.5, 0.6) is 6.01 Å². The first-order chi connectivity index (χ1) is 13.8. The number of aliphatic hydroxyl groups is 1. The first kappa shape index (κ1) is 19.1. The van der Waals surface area contributed by atoms with Gasteiger partial charge in [-0.25, -0.2) is 19.0 Å². The van der Waals surface area contributed by atoms with Crippen LogP contribution < -0.4 is 9.64 Å². The van der Waals surface area contributed by atoms with E-state index in [0.29, 0.717) is 24.8 Å². The van der Waals surface area contributed by atoms with Crippen LogP contribution in [0.3, 0.4) is 0 Å². The summed E-state index contributed by atoms with van der Waals surface area (Å²) in [5, 5.41) is 16.9. The highest BCUT2D eigenvalue weighted by Crippen LogP contribution is 2.32. The number of benzene rings is 1. The Labute approximate surface area is 161 Å². The second kappa shape index (κ2) is 7.28. The van der Waals surface area contributed by atoms with Gasteiger partial charge in [-0.3, -0.25) is 0 Å². The lowest BCUT2D eigenvalue weighted by Crippen LogP contribution is -2.50. The normalized spacial score (nSPS) is 14.7. The molecule has 3 aromatic rings. The van der Waals surface area contributed by atoms with Crippen LogP contribution in [0.1, 0.15) is 11.3 Å². The molecular weight excluding hydrogens is 396 g/mol. The van der Waals surface area contributed by atoms with E-state index in [1.165, 1.54) is 12.3 Å². The van der Waals surface area contributed by atoms with E-state index >= 15 is 0 Å². The molecule has 1 aliphatic heterocycles. The SMILES string of the molecule is OC1CN(c2cnc(OCc3cn(-c4ccc(F)c(C(F)(F)F)c4)nn3)nc2)C1. The van der Waals surface area contributed by atoms with Gasteiger partial charge in [0.05, 0.1) is 41.6 Å². The number of nitrogens with zero attached hydrogens (tertiary/aromatic N) is 6. The standard InChI is InChI=1S/C17H14F4N6O2/c18-15-2-1-11(3-14(15)17(19,20)21)27-6-10(24-25-27)9-29-16-22-4-12(5-23-16)26-7-13(28)8-26/h1-6,13,28H,7-9H2. The fraction of sp³-hybridized carbons (Fsp3) is 0.294. The number of ether oxygens (including phenoxy) is 1. The molecule has 0 saturated carbocycles. The van der Waals surface area contributed by atoms with Crippen molar-refractivity contribution in [1.82, 2.24) is 25.0 Å². The van der Waals surface area contributed by atoms with Crippen LogP contribution in [0, 0.1) is 5.82 Å². The molecule has 12 heteroatoms. The Morgan fingerprint density at radius 1 is 1.14 bits per heavy atom. The predicted octanol–water partition coefficient (Wildman–Crippen LogP) is 1.98. The van der Waals surface area contributed by atoms with Crippen molar-refractivity contribution in [2.45, 2.75) is 18.9 Å². The monoisotopic (exact) mass is 410 g/mol. The first-order valence-corrected chi connectivity index (χ1v) is 8.46. The molecule has 0 amide bonds. The van der Waals surface area contributed by atoms with Crippen LogP contribution in [0.4, 0.5) is 23.2 Å². The van der Waals surface area contributed by atoms with Crippen LogP contribution in [-0.4, -0.2) is 49.3 Å². The molecule has 0 radical (unpaired) electrons. The highest BCUT2D eigenvalue weighted by molar-refractivity contribution is 5.45. The summed E-state index contributed by atoms with van der Waals surface area (Å²) in [5.74, 6) is -1.36. The molecule has 2 aromatic heterocycles. The van der Waals surface area contributed by atoms with Gasteiger partial charge in [0.1, 0.15) is 18.1 Å². The third kappa shape index (κ3) is 4.11. The lowest BCUT2D eigenvalue weighted by molar-refractivity contribution is -0.140. The third-order valence-corrected chi connectivity index (χ3v) is 4.25. The summed E-state index contributed by atoms with van der Waals surface area (Å²) >= 11 is 0. The zero-order valence-corrected chi connectivity index (χ0v) is 14.7. The van der Waals surface area contributed by atoms with Crippen molar-refractivity contribution >= 4 is 5.69 Å². The molecule has 0 spiro atoms. The minimum atomic E-state index is -4.82. The maximum Gasteiger partial charge on any atom is 0.419 e. The van der Waals surface area contributed by atoms with Crippen molar-refractivity contribution in [2.24, 2.45) is 0 Å². The molecule has 0 aliphatic carbocycles. The van der Waals surface area contributed by atoms with Crippen molar-refractivity contribution in [3.8, 4) is 11.7 Å². The van der Waals surface area contributed by atoms with Crippen LogP contribution in [0.2, 0.25) is 0 Å². The van der Waals surface area contributed by atoms with Gasteiger partial charge in [0.2, 0.25) is 0 Å². The molecule has 152 valence electrons. The smallest absolute Gasteiger partial charge is 0.419 e. The Balaban J connectivity index is 1.41. The minimum absolute atomic E-state index is 0.00909. The first-order valence-electron chi connectivity index (χ1n) is 8.46. The van der Waals surface area contributed by atoms with E-state index in [1.54, 1.807) is 12.4 Å². The van der Waals surface area contributed by atoms with Gasteiger partial charge in [-0.2, -0.15) is 13.2 Å². The van der Waals surface area contributed by atoms with Gasteiger partial charge in [0.15, 0.2) is 0 Å². The van der Waals surface area contributed by atoms with Crippen LogP contribution >= 0.6 is 0 Å². The molecule has 4 rings (SSSR count). The number of halogens is 4. The zero-order valence-electron chi connectivity index (χ0n) is 14.7. The van der Waals surface area contributed by atoms with E-state index in [-0.39, 0.29) is 24.4 Å². The average Bonchev–Trinajstić information content (AvgIpc) is 3.13. The maximum atomic E-state index is 13.4.